The van der Waals surface area contributed by atoms with Crippen LogP contribution in [0.4, 0.5) is 0 Å². The molecule has 0 spiro atoms. The standard InChI is InChI=1S/C7H13ClN2/c1-5-6(2)9-7(8)10(3)4/h2,5H2,1,3-4H3/b9-7-. The predicted molar refractivity (Wildman–Crippen MR) is 46.4 cm³/mol. The molecule has 0 bridgehead atoms. The molecule has 2 nitrogen and oxygen atoms in total. The van der Waals surface area contributed by atoms with Gasteiger partial charge in [0.2, 0.25) is 0 Å². The number of nitrogens with zero attached hydrogens (tertiary/aromatic N) is 2. The Morgan fingerprint density at radius 3 is 2.40 bits per heavy atom. The van der Waals surface area contributed by atoms with Gasteiger partial charge in [-0.3, -0.25) is 0 Å². The average molecular weight is 161 g/mol. The predicted octanol–water partition coefficient (Wildman–Crippen LogP) is 2.07. The van der Waals surface area contributed by atoms with Gasteiger partial charge in [-0.2, -0.15) is 0 Å². The summed E-state index contributed by atoms with van der Waals surface area (Å²) in [5.41, 5.74) is 0.804. The minimum Gasteiger partial charge on any atom is -0.353 e. The van der Waals surface area contributed by atoms with Gasteiger partial charge in [-0.1, -0.05) is 13.5 Å². The fourth-order valence-corrected chi connectivity index (χ4v) is 0.429. The topological polar surface area (TPSA) is 15.6 Å². The number of aliphatic imine (C=N–C) groups is 1. The molecule has 0 aliphatic carbocycles. The van der Waals surface area contributed by atoms with Gasteiger partial charge in [-0.05, 0) is 18.0 Å². The lowest BCUT2D eigenvalue weighted by molar-refractivity contribution is 0.633. The third-order valence-electron chi connectivity index (χ3n) is 1.03. The number of amidine groups is 1. The van der Waals surface area contributed by atoms with Crippen LogP contribution < -0.4 is 0 Å². The molecular formula is C7H13ClN2. The van der Waals surface area contributed by atoms with Gasteiger partial charge in [0, 0.05) is 19.8 Å². The number of hydrogen-bond donors (Lipinski definition) is 0. The maximum absolute atomic E-state index is 5.70. The van der Waals surface area contributed by atoms with Crippen LogP contribution in [0.5, 0.6) is 0 Å². The molecule has 0 aromatic heterocycles. The Hall–Kier alpha value is -0.500. The van der Waals surface area contributed by atoms with E-state index in [0.717, 1.165) is 12.1 Å². The van der Waals surface area contributed by atoms with E-state index in [2.05, 4.69) is 11.6 Å². The van der Waals surface area contributed by atoms with Crippen molar-refractivity contribution in [2.45, 2.75) is 13.3 Å². The first-order valence-electron chi connectivity index (χ1n) is 3.17. The molecule has 0 unspecified atom stereocenters. The Bertz CT molecular complexity index is 150. The highest BCUT2D eigenvalue weighted by Crippen LogP contribution is 2.01. The summed E-state index contributed by atoms with van der Waals surface area (Å²) in [7, 11) is 3.68. The highest BCUT2D eigenvalue weighted by Gasteiger charge is 1.94. The molecule has 0 aromatic rings. The summed E-state index contributed by atoms with van der Waals surface area (Å²) in [6, 6.07) is 0. The first-order chi connectivity index (χ1) is 4.57. The fraction of sp³-hybridized carbons (Fsp3) is 0.571. The Labute approximate surface area is 67.2 Å². The zero-order valence-corrected chi connectivity index (χ0v) is 7.44. The highest BCUT2D eigenvalue weighted by molar-refractivity contribution is 6.64. The van der Waals surface area contributed by atoms with Crippen molar-refractivity contribution < 1.29 is 0 Å². The molecule has 58 valence electrons. The number of hydrogen-bond acceptors (Lipinski definition) is 1. The first kappa shape index (κ1) is 9.50. The summed E-state index contributed by atoms with van der Waals surface area (Å²) >= 11 is 5.70. The summed E-state index contributed by atoms with van der Waals surface area (Å²) in [5, 5.41) is 0.479. The van der Waals surface area contributed by atoms with E-state index in [1.165, 1.54) is 0 Å². The van der Waals surface area contributed by atoms with Crippen molar-refractivity contribution in [3.63, 3.8) is 0 Å². The third kappa shape index (κ3) is 3.51. The van der Waals surface area contributed by atoms with E-state index in [-0.39, 0.29) is 0 Å². The van der Waals surface area contributed by atoms with E-state index in [4.69, 9.17) is 11.6 Å². The van der Waals surface area contributed by atoms with E-state index in [1.54, 1.807) is 4.90 Å². The van der Waals surface area contributed by atoms with Crippen LogP contribution in [0.25, 0.3) is 0 Å². The molecule has 0 saturated heterocycles. The highest BCUT2D eigenvalue weighted by atomic mass is 35.5. The SMILES string of the molecule is C=C(CC)/N=C(/Cl)N(C)C. The second-order valence-corrected chi connectivity index (χ2v) is 2.53. The zero-order valence-electron chi connectivity index (χ0n) is 6.69. The molecular weight excluding hydrogens is 148 g/mol. The Balaban J connectivity index is 4.03. The fourth-order valence-electron chi connectivity index (χ4n) is 0.310. The van der Waals surface area contributed by atoms with Gasteiger partial charge < -0.3 is 4.90 Å². The molecule has 0 aliphatic heterocycles. The molecule has 0 heterocycles. The Kier molecular flexibility index (Phi) is 4.12. The minimum atomic E-state index is 0.479. The van der Waals surface area contributed by atoms with Gasteiger partial charge in [0.1, 0.15) is 0 Å². The molecule has 0 amide bonds. The monoisotopic (exact) mass is 160 g/mol. The van der Waals surface area contributed by atoms with Crippen LogP contribution in [0.15, 0.2) is 17.3 Å². The molecule has 0 aliphatic rings. The van der Waals surface area contributed by atoms with E-state index in [0.29, 0.717) is 5.29 Å². The summed E-state index contributed by atoms with van der Waals surface area (Å²) in [4.78, 5) is 5.75. The second-order valence-electron chi connectivity index (χ2n) is 2.20. The summed E-state index contributed by atoms with van der Waals surface area (Å²) in [6.07, 6.45) is 0.837. The molecule has 0 aromatic carbocycles. The van der Waals surface area contributed by atoms with E-state index >= 15 is 0 Å². The Morgan fingerprint density at radius 2 is 2.10 bits per heavy atom. The zero-order chi connectivity index (χ0) is 8.15. The van der Waals surface area contributed by atoms with E-state index < -0.39 is 0 Å². The van der Waals surface area contributed by atoms with Crippen LogP contribution in [-0.2, 0) is 0 Å². The lowest BCUT2D eigenvalue weighted by Gasteiger charge is -2.08. The van der Waals surface area contributed by atoms with Gasteiger partial charge in [0.25, 0.3) is 0 Å². The van der Waals surface area contributed by atoms with Gasteiger partial charge >= 0.3 is 0 Å². The molecule has 10 heavy (non-hydrogen) atoms. The maximum Gasteiger partial charge on any atom is 0.198 e. The maximum atomic E-state index is 5.70. The molecule has 0 atom stereocenters. The lowest BCUT2D eigenvalue weighted by atomic mass is 10.4. The Morgan fingerprint density at radius 1 is 1.60 bits per heavy atom. The normalized spacial score (nSPS) is 11.4. The van der Waals surface area contributed by atoms with Crippen molar-refractivity contribution in [2.24, 2.45) is 4.99 Å². The van der Waals surface area contributed by atoms with Crippen LogP contribution in [0.1, 0.15) is 13.3 Å². The van der Waals surface area contributed by atoms with Crippen LogP contribution in [0.3, 0.4) is 0 Å². The molecule has 0 fully saturated rings. The minimum absolute atomic E-state index is 0.479. The van der Waals surface area contributed by atoms with E-state index in [1.807, 2.05) is 21.0 Å². The van der Waals surface area contributed by atoms with Crippen LogP contribution in [0.2, 0.25) is 0 Å². The first-order valence-corrected chi connectivity index (χ1v) is 3.55. The van der Waals surface area contributed by atoms with Crippen molar-refractivity contribution in [2.75, 3.05) is 14.1 Å². The summed E-state index contributed by atoms with van der Waals surface area (Å²) in [6.45, 7) is 5.69. The molecule has 0 saturated carbocycles. The second kappa shape index (κ2) is 4.34. The van der Waals surface area contributed by atoms with Crippen LogP contribution >= 0.6 is 11.6 Å². The van der Waals surface area contributed by atoms with Gasteiger partial charge in [0.15, 0.2) is 5.29 Å². The number of rotatable bonds is 2. The molecule has 3 heteroatoms. The largest absolute Gasteiger partial charge is 0.353 e. The molecule has 0 radical (unpaired) electrons. The van der Waals surface area contributed by atoms with Gasteiger partial charge in [-0.15, -0.1) is 0 Å². The van der Waals surface area contributed by atoms with E-state index in [9.17, 15) is 0 Å². The van der Waals surface area contributed by atoms with Crippen molar-refractivity contribution in [1.82, 2.24) is 4.90 Å². The van der Waals surface area contributed by atoms with Crippen molar-refractivity contribution in [3.8, 4) is 0 Å². The van der Waals surface area contributed by atoms with Crippen LogP contribution in [0, 0.1) is 0 Å². The summed E-state index contributed by atoms with van der Waals surface area (Å²) in [5.74, 6) is 0. The number of allylic oxidation sites excluding steroid dienone is 1. The van der Waals surface area contributed by atoms with Crippen molar-refractivity contribution in [3.05, 3.63) is 12.3 Å². The van der Waals surface area contributed by atoms with Gasteiger partial charge in [-0.25, -0.2) is 4.99 Å². The summed E-state index contributed by atoms with van der Waals surface area (Å²) < 4.78 is 0. The molecule has 0 rings (SSSR count). The average Bonchev–Trinajstić information content (AvgIpc) is 1.87. The number of halogens is 1. The van der Waals surface area contributed by atoms with Crippen LogP contribution in [-0.4, -0.2) is 24.3 Å². The van der Waals surface area contributed by atoms with Gasteiger partial charge in [0.05, 0.1) is 0 Å². The van der Waals surface area contributed by atoms with Crippen molar-refractivity contribution in [1.29, 1.82) is 0 Å². The molecule has 0 N–H and O–H groups in total. The van der Waals surface area contributed by atoms with Crippen molar-refractivity contribution >= 4 is 16.9 Å². The quantitative estimate of drug-likeness (QED) is 0.343. The smallest absolute Gasteiger partial charge is 0.198 e. The lowest BCUT2D eigenvalue weighted by Crippen LogP contribution is -2.15. The third-order valence-corrected chi connectivity index (χ3v) is 1.45.